The van der Waals surface area contributed by atoms with Crippen LogP contribution in [0.3, 0.4) is 0 Å². The van der Waals surface area contributed by atoms with Gasteiger partial charge in [-0.15, -0.1) is 0 Å². The van der Waals surface area contributed by atoms with Crippen LogP contribution in [0.5, 0.6) is 0 Å². The molecule has 0 atom stereocenters. The number of rotatable bonds is 5. The van der Waals surface area contributed by atoms with Gasteiger partial charge in [0.2, 0.25) is 5.91 Å². The lowest BCUT2D eigenvalue weighted by Gasteiger charge is -2.14. The van der Waals surface area contributed by atoms with E-state index in [0.717, 1.165) is 6.08 Å². The quantitative estimate of drug-likeness (QED) is 0.747. The molecular weight excluding hydrogens is 248 g/mol. The number of amides is 2. The number of hydrogen-bond acceptors (Lipinski definition) is 3. The average Bonchev–Trinajstić information content (AvgIpc) is 2.35. The first kappa shape index (κ1) is 14.4. The summed E-state index contributed by atoms with van der Waals surface area (Å²) in [5.41, 5.74) is 6.07. The second-order valence-corrected chi connectivity index (χ2v) is 3.92. The molecule has 1 aromatic rings. The van der Waals surface area contributed by atoms with Gasteiger partial charge in [0.15, 0.2) is 0 Å². The highest BCUT2D eigenvalue weighted by Crippen LogP contribution is 2.08. The summed E-state index contributed by atoms with van der Waals surface area (Å²) in [6.45, 7) is -0.153. The zero-order chi connectivity index (χ0) is 14.4. The van der Waals surface area contributed by atoms with Gasteiger partial charge in [-0.2, -0.15) is 0 Å². The van der Waals surface area contributed by atoms with Crippen molar-refractivity contribution in [2.75, 3.05) is 13.6 Å². The van der Waals surface area contributed by atoms with Crippen molar-refractivity contribution in [2.24, 2.45) is 5.73 Å². The lowest BCUT2D eigenvalue weighted by molar-refractivity contribution is -0.131. The SMILES string of the molecule is CN(CC(N)=O)C(=O)c1ccc(/C=C/C(=O)O)cc1. The molecule has 0 aliphatic carbocycles. The van der Waals surface area contributed by atoms with E-state index in [0.29, 0.717) is 11.1 Å². The molecule has 0 saturated heterocycles. The van der Waals surface area contributed by atoms with Crippen LogP contribution in [0.4, 0.5) is 0 Å². The predicted molar refractivity (Wildman–Crippen MR) is 69.3 cm³/mol. The second kappa shape index (κ2) is 6.34. The van der Waals surface area contributed by atoms with Gasteiger partial charge in [0.05, 0.1) is 6.54 Å². The molecule has 0 spiro atoms. The minimum absolute atomic E-state index is 0.153. The molecule has 1 rings (SSSR count). The number of primary amides is 1. The molecule has 6 nitrogen and oxygen atoms in total. The summed E-state index contributed by atoms with van der Waals surface area (Å²) < 4.78 is 0. The standard InChI is InChI=1S/C13H14N2O4/c1-15(8-11(14)16)13(19)10-5-2-9(3-6-10)4-7-12(17)18/h2-7H,8H2,1H3,(H2,14,16)(H,17,18)/b7-4+. The lowest BCUT2D eigenvalue weighted by atomic mass is 10.1. The Labute approximate surface area is 110 Å². The van der Waals surface area contributed by atoms with E-state index >= 15 is 0 Å². The molecule has 0 radical (unpaired) electrons. The average molecular weight is 262 g/mol. The van der Waals surface area contributed by atoms with E-state index in [4.69, 9.17) is 10.8 Å². The molecule has 19 heavy (non-hydrogen) atoms. The Morgan fingerprint density at radius 3 is 2.32 bits per heavy atom. The fourth-order valence-corrected chi connectivity index (χ4v) is 1.43. The molecule has 6 heteroatoms. The number of carboxylic acids is 1. The minimum Gasteiger partial charge on any atom is -0.478 e. The smallest absolute Gasteiger partial charge is 0.328 e. The largest absolute Gasteiger partial charge is 0.478 e. The van der Waals surface area contributed by atoms with Gasteiger partial charge in [-0.3, -0.25) is 9.59 Å². The number of nitrogens with zero attached hydrogens (tertiary/aromatic N) is 1. The number of carboxylic acid groups (broad SMARTS) is 1. The monoisotopic (exact) mass is 262 g/mol. The zero-order valence-electron chi connectivity index (χ0n) is 10.4. The number of benzene rings is 1. The first-order valence-corrected chi connectivity index (χ1v) is 5.45. The molecule has 0 fully saturated rings. The van der Waals surface area contributed by atoms with Crippen LogP contribution in [0.25, 0.3) is 6.08 Å². The fraction of sp³-hybridized carbons (Fsp3) is 0.154. The molecule has 0 aliphatic rings. The highest BCUT2D eigenvalue weighted by atomic mass is 16.4. The molecular formula is C13H14N2O4. The predicted octanol–water partition coefficient (Wildman–Crippen LogP) is 0.342. The van der Waals surface area contributed by atoms with Gasteiger partial charge in [-0.05, 0) is 23.8 Å². The number of carbonyl (C=O) groups is 3. The van der Waals surface area contributed by atoms with Gasteiger partial charge in [0.25, 0.3) is 5.91 Å². The molecule has 0 unspecified atom stereocenters. The van der Waals surface area contributed by atoms with Crippen molar-refractivity contribution in [2.45, 2.75) is 0 Å². The Kier molecular flexibility index (Phi) is 4.82. The van der Waals surface area contributed by atoms with E-state index in [1.54, 1.807) is 24.3 Å². The van der Waals surface area contributed by atoms with Crippen molar-refractivity contribution in [3.05, 3.63) is 41.5 Å². The van der Waals surface area contributed by atoms with Crippen molar-refractivity contribution in [3.8, 4) is 0 Å². The first-order valence-electron chi connectivity index (χ1n) is 5.45. The molecule has 2 amide bonds. The summed E-state index contributed by atoms with van der Waals surface area (Å²) in [5, 5.41) is 8.48. The van der Waals surface area contributed by atoms with Gasteiger partial charge >= 0.3 is 5.97 Å². The Balaban J connectivity index is 2.78. The number of carbonyl (C=O) groups excluding carboxylic acids is 2. The van der Waals surface area contributed by atoms with Crippen LogP contribution in [0, 0.1) is 0 Å². The molecule has 0 heterocycles. The third-order valence-electron chi connectivity index (χ3n) is 2.32. The third-order valence-corrected chi connectivity index (χ3v) is 2.32. The zero-order valence-corrected chi connectivity index (χ0v) is 10.4. The number of nitrogens with two attached hydrogens (primary N) is 1. The van der Waals surface area contributed by atoms with Gasteiger partial charge < -0.3 is 15.7 Å². The minimum atomic E-state index is -1.04. The molecule has 100 valence electrons. The van der Waals surface area contributed by atoms with E-state index in [2.05, 4.69) is 0 Å². The van der Waals surface area contributed by atoms with Crippen LogP contribution in [-0.2, 0) is 9.59 Å². The Hall–Kier alpha value is -2.63. The van der Waals surface area contributed by atoms with Crippen molar-refractivity contribution >= 4 is 23.9 Å². The summed E-state index contributed by atoms with van der Waals surface area (Å²) in [7, 11) is 1.48. The number of hydrogen-bond donors (Lipinski definition) is 2. The summed E-state index contributed by atoms with van der Waals surface area (Å²) >= 11 is 0. The van der Waals surface area contributed by atoms with Crippen LogP contribution in [0.2, 0.25) is 0 Å². The third kappa shape index (κ3) is 4.63. The van der Waals surface area contributed by atoms with E-state index < -0.39 is 11.9 Å². The second-order valence-electron chi connectivity index (χ2n) is 3.92. The van der Waals surface area contributed by atoms with Crippen LogP contribution < -0.4 is 5.73 Å². The maximum absolute atomic E-state index is 11.9. The Bertz CT molecular complexity index is 520. The maximum Gasteiger partial charge on any atom is 0.328 e. The lowest BCUT2D eigenvalue weighted by Crippen LogP contribution is -2.35. The summed E-state index contributed by atoms with van der Waals surface area (Å²) in [6, 6.07) is 6.35. The first-order chi connectivity index (χ1) is 8.90. The van der Waals surface area contributed by atoms with Crippen LogP contribution in [-0.4, -0.2) is 41.4 Å². The fourth-order valence-electron chi connectivity index (χ4n) is 1.43. The van der Waals surface area contributed by atoms with Crippen molar-refractivity contribution in [3.63, 3.8) is 0 Å². The summed E-state index contributed by atoms with van der Waals surface area (Å²) in [6.07, 6.45) is 2.43. The van der Waals surface area contributed by atoms with Gasteiger partial charge in [-0.25, -0.2) is 4.79 Å². The Morgan fingerprint density at radius 1 is 1.26 bits per heavy atom. The van der Waals surface area contributed by atoms with Crippen molar-refractivity contribution < 1.29 is 19.5 Å². The normalized spacial score (nSPS) is 10.4. The molecule has 0 aliphatic heterocycles. The molecule has 0 aromatic heterocycles. The summed E-state index contributed by atoms with van der Waals surface area (Å²) in [4.78, 5) is 34.1. The molecule has 0 saturated carbocycles. The number of likely N-dealkylation sites (N-methyl/N-ethyl adjacent to an activating group) is 1. The summed E-state index contributed by atoms with van der Waals surface area (Å²) in [5.74, 6) is -1.95. The number of aliphatic carboxylic acids is 1. The van der Waals surface area contributed by atoms with Gasteiger partial charge in [-0.1, -0.05) is 12.1 Å². The van der Waals surface area contributed by atoms with Gasteiger partial charge in [0, 0.05) is 18.7 Å². The van der Waals surface area contributed by atoms with Crippen molar-refractivity contribution in [1.29, 1.82) is 0 Å². The maximum atomic E-state index is 11.9. The molecule has 0 bridgehead atoms. The molecule has 3 N–H and O–H groups in total. The van der Waals surface area contributed by atoms with Crippen LogP contribution in [0.15, 0.2) is 30.3 Å². The van der Waals surface area contributed by atoms with E-state index in [9.17, 15) is 14.4 Å². The molecule has 1 aromatic carbocycles. The van der Waals surface area contributed by atoms with Crippen LogP contribution >= 0.6 is 0 Å². The van der Waals surface area contributed by atoms with Crippen molar-refractivity contribution in [1.82, 2.24) is 4.90 Å². The highest BCUT2D eigenvalue weighted by Gasteiger charge is 2.12. The van der Waals surface area contributed by atoms with E-state index in [1.165, 1.54) is 18.0 Å². The van der Waals surface area contributed by atoms with E-state index in [-0.39, 0.29) is 12.5 Å². The van der Waals surface area contributed by atoms with Gasteiger partial charge in [0.1, 0.15) is 0 Å². The highest BCUT2D eigenvalue weighted by molar-refractivity contribution is 5.96. The topological polar surface area (TPSA) is 101 Å². The van der Waals surface area contributed by atoms with Crippen LogP contribution in [0.1, 0.15) is 15.9 Å². The Morgan fingerprint density at radius 2 is 1.84 bits per heavy atom. The van der Waals surface area contributed by atoms with E-state index in [1.807, 2.05) is 0 Å².